The van der Waals surface area contributed by atoms with Gasteiger partial charge in [-0.05, 0) is 105 Å². The molecule has 0 saturated heterocycles. The second kappa shape index (κ2) is 17.2. The summed E-state index contributed by atoms with van der Waals surface area (Å²) in [6, 6.07) is 83.1. The molecule has 0 aliphatic carbocycles. The van der Waals surface area contributed by atoms with E-state index in [-0.39, 0.29) is 0 Å². The molecule has 1 aliphatic rings. The third-order valence-corrected chi connectivity index (χ3v) is 12.5. The Bertz CT molecular complexity index is 3580. The number of nitrogens with one attached hydrogen (secondary N) is 1. The molecule has 67 heavy (non-hydrogen) atoms. The monoisotopic (exact) mass is 858 g/mol. The largest absolute Gasteiger partial charge is 0.324 e. The van der Waals surface area contributed by atoms with Crippen LogP contribution in [0.2, 0.25) is 0 Å². The predicted molar refractivity (Wildman–Crippen MR) is 275 cm³/mol. The first kappa shape index (κ1) is 39.6. The topological polar surface area (TPSA) is 67.5 Å². The highest BCUT2D eigenvalue weighted by atomic mass is 15.2. The summed E-state index contributed by atoms with van der Waals surface area (Å²) in [5, 5.41) is 5.87. The Morgan fingerprint density at radius 3 is 1.51 bits per heavy atom. The van der Waals surface area contributed by atoms with Crippen LogP contribution < -0.4 is 5.32 Å². The summed E-state index contributed by atoms with van der Waals surface area (Å²) in [4.78, 5) is 20.7. The highest BCUT2D eigenvalue weighted by molar-refractivity contribution is 6.17. The average molecular weight is 859 g/mol. The van der Waals surface area contributed by atoms with E-state index >= 15 is 0 Å². The number of fused-ring (bicyclic) bond motifs is 3. The van der Waals surface area contributed by atoms with Crippen molar-refractivity contribution in [3.63, 3.8) is 0 Å². The highest BCUT2D eigenvalue weighted by Gasteiger charge is 2.25. The van der Waals surface area contributed by atoms with Gasteiger partial charge in [-0.15, -0.1) is 0 Å². The number of amidine groups is 2. The Kier molecular flexibility index (Phi) is 10.1. The molecule has 1 aliphatic heterocycles. The Balaban J connectivity index is 0.979. The van der Waals surface area contributed by atoms with Gasteiger partial charge >= 0.3 is 0 Å². The first-order valence-electron chi connectivity index (χ1n) is 22.6. The fourth-order valence-electron chi connectivity index (χ4n) is 9.29. The number of hydrogen-bond donors (Lipinski definition) is 1. The molecule has 0 bridgehead atoms. The van der Waals surface area contributed by atoms with Gasteiger partial charge in [0.25, 0.3) is 0 Å². The SMILES string of the molecule is c1ccc(C2=NC(c3nccc(-c4cccc5c4c4cc(-c6ccccc6)ccc4n5-c4ccccc4)n3)N=C(c3cccc(-c4cc(-c5ccccc5)cc(-c5ccccc5)c4)c3)N2)cc1. The third kappa shape index (κ3) is 7.66. The first-order valence-corrected chi connectivity index (χ1v) is 22.6. The molecule has 0 fully saturated rings. The zero-order valence-electron chi connectivity index (χ0n) is 36.4. The van der Waals surface area contributed by atoms with Crippen LogP contribution in [0.25, 0.3) is 83.3 Å². The van der Waals surface area contributed by atoms with Crippen molar-refractivity contribution in [3.05, 3.63) is 260 Å². The maximum Gasteiger partial charge on any atom is 0.203 e. The average Bonchev–Trinajstić information content (AvgIpc) is 3.76. The van der Waals surface area contributed by atoms with Gasteiger partial charge < -0.3 is 9.88 Å². The normalized spacial score (nSPS) is 13.5. The maximum absolute atomic E-state index is 5.32. The van der Waals surface area contributed by atoms with Gasteiger partial charge in [0, 0.05) is 39.3 Å². The van der Waals surface area contributed by atoms with Crippen molar-refractivity contribution >= 4 is 33.5 Å². The standard InChI is InChI=1S/C61H42N6/c1-6-18-41(19-7-1)46-32-33-55-53(40-46)57-52(30-17-31-56(57)67(55)51-28-14-5-15-29-51)54-34-35-62-60(63-54)61-65-58(44-24-12-4-13-25-44)64-59(66-61)47-27-16-26-45(36-47)50-38-48(42-20-8-2-9-21-42)37-49(39-50)43-22-10-3-11-23-43/h1-40,61H,(H,64,65,66). The summed E-state index contributed by atoms with van der Waals surface area (Å²) < 4.78 is 2.35. The van der Waals surface area contributed by atoms with E-state index in [1.165, 1.54) is 16.7 Å². The zero-order valence-corrected chi connectivity index (χ0v) is 36.4. The molecule has 12 rings (SSSR count). The van der Waals surface area contributed by atoms with Crippen LogP contribution in [0.4, 0.5) is 0 Å². The van der Waals surface area contributed by atoms with Crippen LogP contribution in [-0.2, 0) is 0 Å². The van der Waals surface area contributed by atoms with Crippen LogP contribution in [0.1, 0.15) is 23.1 Å². The molecule has 9 aromatic carbocycles. The highest BCUT2D eigenvalue weighted by Crippen LogP contribution is 2.40. The maximum atomic E-state index is 5.32. The minimum Gasteiger partial charge on any atom is -0.324 e. The van der Waals surface area contributed by atoms with Gasteiger partial charge in [-0.1, -0.05) is 176 Å². The molecule has 1 atom stereocenters. The second-order valence-electron chi connectivity index (χ2n) is 16.7. The number of nitrogens with zero attached hydrogens (tertiary/aromatic N) is 5. The summed E-state index contributed by atoms with van der Waals surface area (Å²) in [5.74, 6) is 1.91. The van der Waals surface area contributed by atoms with E-state index in [1.807, 2.05) is 30.5 Å². The lowest BCUT2D eigenvalue weighted by Gasteiger charge is -2.22. The van der Waals surface area contributed by atoms with Gasteiger partial charge in [0.15, 0.2) is 5.82 Å². The minimum atomic E-state index is -0.712. The molecule has 0 saturated carbocycles. The molecule has 2 aromatic heterocycles. The Morgan fingerprint density at radius 1 is 0.373 bits per heavy atom. The van der Waals surface area contributed by atoms with Crippen molar-refractivity contribution in [2.45, 2.75) is 6.17 Å². The van der Waals surface area contributed by atoms with E-state index in [4.69, 9.17) is 20.0 Å². The van der Waals surface area contributed by atoms with Crippen LogP contribution in [0.5, 0.6) is 0 Å². The Morgan fingerprint density at radius 2 is 0.866 bits per heavy atom. The molecule has 1 unspecified atom stereocenters. The molecule has 3 heterocycles. The van der Waals surface area contributed by atoms with E-state index in [1.54, 1.807) is 0 Å². The lowest BCUT2D eigenvalue weighted by Crippen LogP contribution is -2.36. The van der Waals surface area contributed by atoms with E-state index in [2.05, 4.69) is 222 Å². The number of para-hydroxylation sites is 1. The van der Waals surface area contributed by atoms with Crippen molar-refractivity contribution in [3.8, 4) is 61.5 Å². The van der Waals surface area contributed by atoms with Gasteiger partial charge in [0.05, 0.1) is 16.7 Å². The molecule has 316 valence electrons. The van der Waals surface area contributed by atoms with Gasteiger partial charge in [0.2, 0.25) is 6.17 Å². The summed E-state index contributed by atoms with van der Waals surface area (Å²) in [6.45, 7) is 0. The second-order valence-corrected chi connectivity index (χ2v) is 16.7. The van der Waals surface area contributed by atoms with Crippen LogP contribution >= 0.6 is 0 Å². The van der Waals surface area contributed by atoms with Crippen molar-refractivity contribution in [1.29, 1.82) is 0 Å². The van der Waals surface area contributed by atoms with Crippen molar-refractivity contribution < 1.29 is 0 Å². The molecular weight excluding hydrogens is 817 g/mol. The quantitative estimate of drug-likeness (QED) is 0.157. The first-order chi connectivity index (χ1) is 33.2. The van der Waals surface area contributed by atoms with E-state index in [0.29, 0.717) is 17.5 Å². The van der Waals surface area contributed by atoms with E-state index in [0.717, 1.165) is 77.7 Å². The zero-order chi connectivity index (χ0) is 44.5. The molecule has 6 nitrogen and oxygen atoms in total. The third-order valence-electron chi connectivity index (χ3n) is 12.5. The van der Waals surface area contributed by atoms with Gasteiger partial charge in [-0.2, -0.15) is 0 Å². The predicted octanol–water partition coefficient (Wildman–Crippen LogP) is 14.4. The summed E-state index contributed by atoms with van der Waals surface area (Å²) in [6.07, 6.45) is 1.12. The fourth-order valence-corrected chi connectivity index (χ4v) is 9.29. The van der Waals surface area contributed by atoms with E-state index in [9.17, 15) is 0 Å². The lowest BCUT2D eigenvalue weighted by molar-refractivity contribution is 0.696. The molecule has 1 N–H and O–H groups in total. The van der Waals surface area contributed by atoms with Crippen molar-refractivity contribution in [2.75, 3.05) is 0 Å². The van der Waals surface area contributed by atoms with Crippen LogP contribution in [0.3, 0.4) is 0 Å². The van der Waals surface area contributed by atoms with Crippen LogP contribution in [0, 0.1) is 0 Å². The number of aliphatic imine (C=N–C) groups is 2. The van der Waals surface area contributed by atoms with Gasteiger partial charge in [-0.25, -0.2) is 20.0 Å². The molecule has 0 radical (unpaired) electrons. The molecule has 0 spiro atoms. The van der Waals surface area contributed by atoms with E-state index < -0.39 is 6.17 Å². The molecule has 6 heteroatoms. The number of hydrogen-bond acceptors (Lipinski definition) is 5. The Hall–Kier alpha value is -9.00. The van der Waals surface area contributed by atoms with Crippen molar-refractivity contribution in [2.24, 2.45) is 9.98 Å². The van der Waals surface area contributed by atoms with Gasteiger partial charge in [-0.3, -0.25) is 0 Å². The van der Waals surface area contributed by atoms with Crippen molar-refractivity contribution in [1.82, 2.24) is 19.9 Å². The molecule has 0 amide bonds. The number of rotatable bonds is 9. The number of benzene rings is 9. The van der Waals surface area contributed by atoms with Crippen LogP contribution in [0.15, 0.2) is 253 Å². The molecular formula is C61H42N6. The Labute approximate surface area is 389 Å². The lowest BCUT2D eigenvalue weighted by atomic mass is 9.93. The minimum absolute atomic E-state index is 0.512. The summed E-state index contributed by atoms with van der Waals surface area (Å²) in [7, 11) is 0. The van der Waals surface area contributed by atoms with Gasteiger partial charge in [0.1, 0.15) is 11.7 Å². The molecule has 11 aromatic rings. The summed E-state index contributed by atoms with van der Waals surface area (Å²) in [5.41, 5.74) is 16.2. The fraction of sp³-hybridized carbons (Fsp3) is 0.0164. The summed E-state index contributed by atoms with van der Waals surface area (Å²) >= 11 is 0. The van der Waals surface area contributed by atoms with Crippen LogP contribution in [-0.4, -0.2) is 26.2 Å². The number of aromatic nitrogens is 3. The smallest absolute Gasteiger partial charge is 0.203 e.